The van der Waals surface area contributed by atoms with Crippen LogP contribution in [-0.2, 0) is 0 Å². The van der Waals surface area contributed by atoms with E-state index in [2.05, 4.69) is 27.2 Å². The molecule has 0 aliphatic rings. The van der Waals surface area contributed by atoms with E-state index in [9.17, 15) is 4.79 Å². The summed E-state index contributed by atoms with van der Waals surface area (Å²) in [7, 11) is 0. The fraction of sp³-hybridized carbons (Fsp3) is 0.222. The van der Waals surface area contributed by atoms with Gasteiger partial charge in [-0.3, -0.25) is 4.79 Å². The summed E-state index contributed by atoms with van der Waals surface area (Å²) in [6.07, 6.45) is 5.10. The summed E-state index contributed by atoms with van der Waals surface area (Å²) in [6, 6.07) is 2.93. The van der Waals surface area contributed by atoms with Crippen LogP contribution in [0.5, 0.6) is 0 Å². The minimum absolute atomic E-state index is 0.244. The highest BCUT2D eigenvalue weighted by molar-refractivity contribution is 9.10. The second kappa shape index (κ2) is 4.15. The van der Waals surface area contributed by atoms with Crippen LogP contribution in [0.1, 0.15) is 17.5 Å². The SMILES string of the molecule is C#CC(C)NC(=O)c1ccc(Br)o1. The van der Waals surface area contributed by atoms with Gasteiger partial charge in [-0.1, -0.05) is 5.92 Å². The first-order valence-corrected chi connectivity index (χ1v) is 4.45. The molecular weight excluding hydrogens is 234 g/mol. The maximum Gasteiger partial charge on any atom is 0.287 e. The molecule has 3 nitrogen and oxygen atoms in total. The van der Waals surface area contributed by atoms with E-state index in [0.717, 1.165) is 0 Å². The summed E-state index contributed by atoms with van der Waals surface area (Å²) >= 11 is 3.10. The van der Waals surface area contributed by atoms with Crippen molar-refractivity contribution in [2.45, 2.75) is 13.0 Å². The smallest absolute Gasteiger partial charge is 0.287 e. The van der Waals surface area contributed by atoms with Gasteiger partial charge in [0.1, 0.15) is 0 Å². The van der Waals surface area contributed by atoms with E-state index in [0.29, 0.717) is 4.67 Å². The Kier molecular flexibility index (Phi) is 3.15. The highest BCUT2D eigenvalue weighted by Crippen LogP contribution is 2.13. The molecule has 0 bridgehead atoms. The van der Waals surface area contributed by atoms with E-state index in [4.69, 9.17) is 10.8 Å². The molecule has 1 aromatic heterocycles. The van der Waals surface area contributed by atoms with Crippen LogP contribution < -0.4 is 5.32 Å². The number of amides is 1. The van der Waals surface area contributed by atoms with E-state index in [1.54, 1.807) is 19.1 Å². The Bertz CT molecular complexity index is 351. The molecule has 13 heavy (non-hydrogen) atoms. The van der Waals surface area contributed by atoms with Gasteiger partial charge in [-0.25, -0.2) is 0 Å². The molecule has 1 unspecified atom stereocenters. The van der Waals surface area contributed by atoms with Crippen molar-refractivity contribution in [3.63, 3.8) is 0 Å². The largest absolute Gasteiger partial charge is 0.444 e. The molecule has 0 radical (unpaired) electrons. The molecule has 1 amide bonds. The quantitative estimate of drug-likeness (QED) is 0.803. The average molecular weight is 242 g/mol. The minimum Gasteiger partial charge on any atom is -0.444 e. The van der Waals surface area contributed by atoms with Crippen LogP contribution >= 0.6 is 15.9 Å². The number of hydrogen-bond donors (Lipinski definition) is 1. The number of hydrogen-bond acceptors (Lipinski definition) is 2. The lowest BCUT2D eigenvalue weighted by atomic mass is 10.3. The number of carbonyl (C=O) groups excluding carboxylic acids is 1. The van der Waals surface area contributed by atoms with Gasteiger partial charge in [0.25, 0.3) is 5.91 Å². The number of halogens is 1. The fourth-order valence-corrected chi connectivity index (χ4v) is 1.05. The third-order valence-corrected chi connectivity index (χ3v) is 1.82. The van der Waals surface area contributed by atoms with Gasteiger partial charge in [0, 0.05) is 0 Å². The van der Waals surface area contributed by atoms with Gasteiger partial charge in [-0.05, 0) is 35.0 Å². The highest BCUT2D eigenvalue weighted by atomic mass is 79.9. The van der Waals surface area contributed by atoms with E-state index in [-0.39, 0.29) is 17.7 Å². The Labute approximate surface area is 84.6 Å². The summed E-state index contributed by atoms with van der Waals surface area (Å²) in [4.78, 5) is 11.3. The van der Waals surface area contributed by atoms with Crippen molar-refractivity contribution >= 4 is 21.8 Å². The first kappa shape index (κ1) is 9.87. The van der Waals surface area contributed by atoms with Gasteiger partial charge in [-0.15, -0.1) is 6.42 Å². The van der Waals surface area contributed by atoms with Crippen molar-refractivity contribution in [1.82, 2.24) is 5.32 Å². The Balaban J connectivity index is 2.65. The van der Waals surface area contributed by atoms with Gasteiger partial charge in [0.2, 0.25) is 0 Å². The molecule has 1 N–H and O–H groups in total. The molecule has 4 heteroatoms. The first-order valence-electron chi connectivity index (χ1n) is 3.66. The number of furan rings is 1. The summed E-state index contributed by atoms with van der Waals surface area (Å²) in [5, 5.41) is 2.57. The molecule has 0 aromatic carbocycles. The molecule has 68 valence electrons. The van der Waals surface area contributed by atoms with Crippen LogP contribution in [0.3, 0.4) is 0 Å². The monoisotopic (exact) mass is 241 g/mol. The number of carbonyl (C=O) groups is 1. The summed E-state index contributed by atoms with van der Waals surface area (Å²) < 4.78 is 5.55. The third kappa shape index (κ3) is 2.63. The first-order chi connectivity index (χ1) is 6.13. The fourth-order valence-electron chi connectivity index (χ4n) is 0.746. The van der Waals surface area contributed by atoms with E-state index >= 15 is 0 Å². The molecule has 0 saturated carbocycles. The van der Waals surface area contributed by atoms with Gasteiger partial charge in [0.15, 0.2) is 10.4 Å². The van der Waals surface area contributed by atoms with Crippen LogP contribution in [0, 0.1) is 12.3 Å². The maximum atomic E-state index is 11.3. The number of rotatable bonds is 2. The topological polar surface area (TPSA) is 42.2 Å². The Morgan fingerprint density at radius 3 is 2.92 bits per heavy atom. The predicted molar refractivity (Wildman–Crippen MR) is 52.2 cm³/mol. The summed E-state index contributed by atoms with van der Waals surface area (Å²) in [5.74, 6) is 2.32. The maximum absolute atomic E-state index is 11.3. The standard InChI is InChI=1S/C9H8BrNO2/c1-3-6(2)11-9(12)7-4-5-8(10)13-7/h1,4-6H,2H3,(H,11,12). The van der Waals surface area contributed by atoms with Crippen LogP contribution in [0.25, 0.3) is 0 Å². The van der Waals surface area contributed by atoms with Crippen molar-refractivity contribution in [1.29, 1.82) is 0 Å². The zero-order chi connectivity index (χ0) is 9.84. The summed E-state index contributed by atoms with van der Waals surface area (Å²) in [6.45, 7) is 1.72. The van der Waals surface area contributed by atoms with Gasteiger partial charge in [0.05, 0.1) is 6.04 Å². The van der Waals surface area contributed by atoms with Crippen LogP contribution in [0.15, 0.2) is 21.2 Å². The molecule has 1 heterocycles. The van der Waals surface area contributed by atoms with Crippen molar-refractivity contribution in [2.75, 3.05) is 0 Å². The zero-order valence-electron chi connectivity index (χ0n) is 7.00. The predicted octanol–water partition coefficient (Wildman–Crippen LogP) is 1.79. The Morgan fingerprint density at radius 1 is 1.77 bits per heavy atom. The average Bonchev–Trinajstić information content (AvgIpc) is 2.51. The van der Waals surface area contributed by atoms with Crippen LogP contribution in [-0.4, -0.2) is 11.9 Å². The molecule has 0 saturated heterocycles. The molecule has 1 rings (SSSR count). The van der Waals surface area contributed by atoms with Gasteiger partial charge >= 0.3 is 0 Å². The zero-order valence-corrected chi connectivity index (χ0v) is 8.59. The van der Waals surface area contributed by atoms with Crippen molar-refractivity contribution in [3.05, 3.63) is 22.6 Å². The van der Waals surface area contributed by atoms with E-state index < -0.39 is 0 Å². The second-order valence-corrected chi connectivity index (χ2v) is 3.25. The lowest BCUT2D eigenvalue weighted by molar-refractivity contribution is 0.0919. The van der Waals surface area contributed by atoms with E-state index in [1.165, 1.54) is 0 Å². The highest BCUT2D eigenvalue weighted by Gasteiger charge is 2.11. The number of terminal acetylenes is 1. The molecule has 0 aliphatic carbocycles. The third-order valence-electron chi connectivity index (χ3n) is 1.39. The molecule has 0 aliphatic heterocycles. The summed E-state index contributed by atoms with van der Waals surface area (Å²) in [5.41, 5.74) is 0. The van der Waals surface area contributed by atoms with Crippen LogP contribution in [0.2, 0.25) is 0 Å². The van der Waals surface area contributed by atoms with Gasteiger partial charge < -0.3 is 9.73 Å². The molecular formula is C9H8BrNO2. The number of nitrogens with one attached hydrogen (secondary N) is 1. The van der Waals surface area contributed by atoms with Crippen molar-refractivity contribution < 1.29 is 9.21 Å². The molecule has 0 spiro atoms. The lowest BCUT2D eigenvalue weighted by Crippen LogP contribution is -2.30. The van der Waals surface area contributed by atoms with E-state index in [1.807, 2.05) is 0 Å². The molecule has 0 fully saturated rings. The van der Waals surface area contributed by atoms with Crippen LogP contribution in [0.4, 0.5) is 0 Å². The Morgan fingerprint density at radius 2 is 2.46 bits per heavy atom. The normalized spacial score (nSPS) is 11.8. The molecule has 1 aromatic rings. The Hall–Kier alpha value is -1.21. The van der Waals surface area contributed by atoms with Crippen molar-refractivity contribution in [3.8, 4) is 12.3 Å². The second-order valence-electron chi connectivity index (χ2n) is 2.47. The van der Waals surface area contributed by atoms with Crippen molar-refractivity contribution in [2.24, 2.45) is 0 Å². The minimum atomic E-state index is -0.309. The molecule has 1 atom stereocenters. The lowest BCUT2D eigenvalue weighted by Gasteiger charge is -2.04. The van der Waals surface area contributed by atoms with Gasteiger partial charge in [-0.2, -0.15) is 0 Å².